The molecule has 2 heterocycles. The molecule has 0 unspecified atom stereocenters. The smallest absolute Gasteiger partial charge is 0.240 e. The Balaban J connectivity index is 1.97. The minimum Gasteiger partial charge on any atom is -0.377 e. The topological polar surface area (TPSA) is 46.6 Å². The van der Waals surface area contributed by atoms with E-state index in [2.05, 4.69) is 15.9 Å². The Labute approximate surface area is 121 Å². The second-order valence-electron chi connectivity index (χ2n) is 5.04. The summed E-state index contributed by atoms with van der Waals surface area (Å²) in [7, 11) is -3.32. The number of nitrogens with zero attached hydrogens (tertiary/aromatic N) is 1. The second kappa shape index (κ2) is 4.75. The van der Waals surface area contributed by atoms with Gasteiger partial charge in [-0.2, -0.15) is 0 Å². The maximum absolute atomic E-state index is 12.7. The first-order valence-corrected chi connectivity index (χ1v) is 8.71. The lowest BCUT2D eigenvalue weighted by Gasteiger charge is -2.25. The Morgan fingerprint density at radius 3 is 2.89 bits per heavy atom. The van der Waals surface area contributed by atoms with Gasteiger partial charge >= 0.3 is 0 Å². The highest BCUT2D eigenvalue weighted by molar-refractivity contribution is 9.10. The van der Waals surface area contributed by atoms with Crippen LogP contribution in [0.2, 0.25) is 0 Å². The molecule has 1 saturated heterocycles. The van der Waals surface area contributed by atoms with Gasteiger partial charge in [0.2, 0.25) is 10.0 Å². The van der Waals surface area contributed by atoms with Crippen LogP contribution in [0.5, 0.6) is 0 Å². The number of hydrogen-bond acceptors (Lipinski definition) is 3. The van der Waals surface area contributed by atoms with E-state index in [1.807, 2.05) is 25.1 Å². The maximum atomic E-state index is 12.7. The number of sulfonamides is 1. The molecule has 0 aliphatic carbocycles. The van der Waals surface area contributed by atoms with E-state index in [-0.39, 0.29) is 6.10 Å². The first-order valence-electron chi connectivity index (χ1n) is 6.42. The monoisotopic (exact) mass is 345 g/mol. The van der Waals surface area contributed by atoms with Crippen LogP contribution in [-0.2, 0) is 21.2 Å². The Hall–Kier alpha value is -0.590. The molecule has 0 aromatic heterocycles. The Morgan fingerprint density at radius 1 is 1.42 bits per heavy atom. The van der Waals surface area contributed by atoms with Gasteiger partial charge in [0.15, 0.2) is 0 Å². The van der Waals surface area contributed by atoms with Crippen LogP contribution in [0, 0.1) is 0 Å². The molecule has 19 heavy (non-hydrogen) atoms. The van der Waals surface area contributed by atoms with E-state index in [0.717, 1.165) is 22.1 Å². The molecule has 1 fully saturated rings. The third kappa shape index (κ3) is 2.19. The summed E-state index contributed by atoms with van der Waals surface area (Å²) >= 11 is 3.42. The molecule has 0 radical (unpaired) electrons. The average Bonchev–Trinajstić information content (AvgIpc) is 2.94. The standard InChI is InChI=1S/C13H16BrNO3S/c1-9-13(5-7-18-9)19(16,17)15-6-4-10-8-11(14)2-3-12(10)15/h2-3,8-9,13H,4-7H2,1H3/t9-,13-/m1/s1. The fraction of sp³-hybridized carbons (Fsp3) is 0.538. The van der Waals surface area contributed by atoms with Gasteiger partial charge in [0, 0.05) is 17.6 Å². The zero-order valence-corrected chi connectivity index (χ0v) is 13.1. The van der Waals surface area contributed by atoms with Gasteiger partial charge in [0.05, 0.1) is 11.8 Å². The minimum absolute atomic E-state index is 0.218. The molecule has 4 nitrogen and oxygen atoms in total. The maximum Gasteiger partial charge on any atom is 0.240 e. The highest BCUT2D eigenvalue weighted by Crippen LogP contribution is 2.35. The van der Waals surface area contributed by atoms with Crippen molar-refractivity contribution in [2.24, 2.45) is 0 Å². The number of fused-ring (bicyclic) bond motifs is 1. The fourth-order valence-corrected chi connectivity index (χ4v) is 5.36. The SMILES string of the molecule is C[C@H]1OCC[C@H]1S(=O)(=O)N1CCc2cc(Br)ccc21. The number of rotatable bonds is 2. The van der Waals surface area contributed by atoms with Crippen LogP contribution >= 0.6 is 15.9 Å². The highest BCUT2D eigenvalue weighted by Gasteiger charge is 2.41. The van der Waals surface area contributed by atoms with Crippen molar-refractivity contribution in [3.63, 3.8) is 0 Å². The molecule has 1 aromatic carbocycles. The van der Waals surface area contributed by atoms with Gasteiger partial charge in [0.25, 0.3) is 0 Å². The summed E-state index contributed by atoms with van der Waals surface area (Å²) < 4.78 is 33.4. The van der Waals surface area contributed by atoms with E-state index in [9.17, 15) is 8.42 Å². The molecule has 0 N–H and O–H groups in total. The zero-order chi connectivity index (χ0) is 13.6. The van der Waals surface area contributed by atoms with Gasteiger partial charge in [-0.15, -0.1) is 0 Å². The van der Waals surface area contributed by atoms with E-state index >= 15 is 0 Å². The predicted octanol–water partition coefficient (Wildman–Crippen LogP) is 2.32. The Kier molecular flexibility index (Phi) is 3.35. The van der Waals surface area contributed by atoms with Crippen LogP contribution in [0.25, 0.3) is 0 Å². The summed E-state index contributed by atoms with van der Waals surface area (Å²) in [5, 5.41) is -0.415. The van der Waals surface area contributed by atoms with Crippen LogP contribution < -0.4 is 4.31 Å². The van der Waals surface area contributed by atoms with E-state index in [1.54, 1.807) is 4.31 Å². The van der Waals surface area contributed by atoms with E-state index in [0.29, 0.717) is 19.6 Å². The molecule has 104 valence electrons. The third-order valence-corrected chi connectivity index (χ3v) is 6.76. The van der Waals surface area contributed by atoms with Crippen LogP contribution in [0.1, 0.15) is 18.9 Å². The largest absolute Gasteiger partial charge is 0.377 e. The molecule has 0 bridgehead atoms. The van der Waals surface area contributed by atoms with Gasteiger partial charge in [-0.05, 0) is 43.5 Å². The van der Waals surface area contributed by atoms with Crippen molar-refractivity contribution < 1.29 is 13.2 Å². The molecule has 6 heteroatoms. The predicted molar refractivity (Wildman–Crippen MR) is 77.9 cm³/mol. The molecule has 0 saturated carbocycles. The van der Waals surface area contributed by atoms with Crippen molar-refractivity contribution in [1.82, 2.24) is 0 Å². The summed E-state index contributed by atoms with van der Waals surface area (Å²) in [6.45, 7) is 2.91. The fourth-order valence-electron chi connectivity index (χ4n) is 2.87. The third-order valence-electron chi connectivity index (χ3n) is 3.89. The first kappa shape index (κ1) is 13.4. The van der Waals surface area contributed by atoms with Crippen molar-refractivity contribution >= 4 is 31.6 Å². The molecule has 2 aliphatic rings. The minimum atomic E-state index is -3.32. The number of anilines is 1. The molecule has 0 amide bonds. The number of ether oxygens (including phenoxy) is 1. The molecule has 3 rings (SSSR count). The van der Waals surface area contributed by atoms with E-state index in [4.69, 9.17) is 4.74 Å². The summed E-state index contributed by atoms with van der Waals surface area (Å²) in [4.78, 5) is 0. The molecule has 0 spiro atoms. The summed E-state index contributed by atoms with van der Waals surface area (Å²) in [5.74, 6) is 0. The number of hydrogen-bond donors (Lipinski definition) is 0. The quantitative estimate of drug-likeness (QED) is 0.826. The molecule has 1 aromatic rings. The average molecular weight is 346 g/mol. The van der Waals surface area contributed by atoms with Crippen molar-refractivity contribution in [2.75, 3.05) is 17.5 Å². The summed E-state index contributed by atoms with van der Waals surface area (Å²) in [6.07, 6.45) is 1.14. The molecular formula is C13H16BrNO3S. The lowest BCUT2D eigenvalue weighted by atomic mass is 10.2. The van der Waals surface area contributed by atoms with E-state index < -0.39 is 15.3 Å². The van der Waals surface area contributed by atoms with Gasteiger partial charge in [-0.3, -0.25) is 4.31 Å². The second-order valence-corrected chi connectivity index (χ2v) is 8.04. The first-order chi connectivity index (χ1) is 9.00. The van der Waals surface area contributed by atoms with Crippen molar-refractivity contribution in [3.05, 3.63) is 28.2 Å². The Bertz CT molecular complexity index is 602. The summed E-state index contributed by atoms with van der Waals surface area (Å²) in [5.41, 5.74) is 1.91. The molecule has 2 atom stereocenters. The van der Waals surface area contributed by atoms with Crippen molar-refractivity contribution in [2.45, 2.75) is 31.1 Å². The van der Waals surface area contributed by atoms with Crippen molar-refractivity contribution in [3.8, 4) is 0 Å². The number of halogens is 1. The highest BCUT2D eigenvalue weighted by atomic mass is 79.9. The van der Waals surface area contributed by atoms with Gasteiger partial charge in [-0.25, -0.2) is 8.42 Å². The normalized spacial score (nSPS) is 26.7. The van der Waals surface area contributed by atoms with Crippen LogP contribution in [0.15, 0.2) is 22.7 Å². The lowest BCUT2D eigenvalue weighted by molar-refractivity contribution is 0.126. The molecule has 2 aliphatic heterocycles. The zero-order valence-electron chi connectivity index (χ0n) is 10.7. The van der Waals surface area contributed by atoms with Gasteiger partial charge < -0.3 is 4.74 Å². The van der Waals surface area contributed by atoms with Gasteiger partial charge in [-0.1, -0.05) is 15.9 Å². The molecular weight excluding hydrogens is 330 g/mol. The Morgan fingerprint density at radius 2 is 2.21 bits per heavy atom. The lowest BCUT2D eigenvalue weighted by Crippen LogP contribution is -2.40. The van der Waals surface area contributed by atoms with E-state index in [1.165, 1.54) is 0 Å². The number of benzene rings is 1. The van der Waals surface area contributed by atoms with Gasteiger partial charge in [0.1, 0.15) is 5.25 Å². The van der Waals surface area contributed by atoms with Crippen molar-refractivity contribution in [1.29, 1.82) is 0 Å². The summed E-state index contributed by atoms with van der Waals surface area (Å²) in [6, 6.07) is 5.77. The van der Waals surface area contributed by atoms with Crippen LogP contribution in [0.4, 0.5) is 5.69 Å². The van der Waals surface area contributed by atoms with Crippen LogP contribution in [0.3, 0.4) is 0 Å². The van der Waals surface area contributed by atoms with Crippen LogP contribution in [-0.4, -0.2) is 32.9 Å².